The van der Waals surface area contributed by atoms with Gasteiger partial charge in [0.2, 0.25) is 0 Å². The number of hydrogen-bond donors (Lipinski definition) is 1. The van der Waals surface area contributed by atoms with Crippen molar-refractivity contribution in [2.75, 3.05) is 6.61 Å². The monoisotopic (exact) mass is 380 g/mol. The second-order valence-corrected chi connectivity index (χ2v) is 7.81. The van der Waals surface area contributed by atoms with Crippen LogP contribution in [0.2, 0.25) is 0 Å². The molecule has 150 valence electrons. The summed E-state index contributed by atoms with van der Waals surface area (Å²) in [5, 5.41) is 0. The third-order valence-corrected chi connectivity index (χ3v) is 4.84. The van der Waals surface area contributed by atoms with Crippen molar-refractivity contribution >= 4 is 16.4 Å². The Bertz CT molecular complexity index is 435. The maximum atomic E-state index is 11.7. The summed E-state index contributed by atoms with van der Waals surface area (Å²) in [6, 6.07) is 0. The Hall–Kier alpha value is -0.660. The zero-order chi connectivity index (χ0) is 19.1. The van der Waals surface area contributed by atoms with Gasteiger partial charge in [0.25, 0.3) is 0 Å². The van der Waals surface area contributed by atoms with Gasteiger partial charge in [0.05, 0.1) is 19.1 Å². The molecule has 0 saturated heterocycles. The Morgan fingerprint density at radius 1 is 1.00 bits per heavy atom. The molecule has 25 heavy (non-hydrogen) atoms. The molecule has 0 radical (unpaired) electrons. The van der Waals surface area contributed by atoms with Gasteiger partial charge in [-0.05, 0) is 19.3 Å². The summed E-state index contributed by atoms with van der Waals surface area (Å²) in [6.07, 6.45) is 11.1. The van der Waals surface area contributed by atoms with Crippen LogP contribution in [0.15, 0.2) is 0 Å². The maximum absolute atomic E-state index is 11.7. The number of hydrogen-bond acceptors (Lipinski definition) is 5. The highest BCUT2D eigenvalue weighted by atomic mass is 32.3. The average Bonchev–Trinajstić information content (AvgIpc) is 2.50. The number of esters is 1. The molecule has 0 aliphatic carbocycles. The molecule has 7 heteroatoms. The molecule has 2 atom stereocenters. The van der Waals surface area contributed by atoms with Crippen LogP contribution in [0.3, 0.4) is 0 Å². The zero-order valence-corrected chi connectivity index (χ0v) is 16.9. The molecule has 0 rings (SSSR count). The minimum Gasteiger partial charge on any atom is -0.465 e. The molecule has 0 fully saturated rings. The first kappa shape index (κ1) is 24.3. The topological polar surface area (TPSA) is 89.9 Å². The largest absolute Gasteiger partial charge is 0.465 e. The Kier molecular flexibility index (Phi) is 14.1. The first-order valence-electron chi connectivity index (χ1n) is 9.59. The van der Waals surface area contributed by atoms with E-state index in [0.29, 0.717) is 12.5 Å². The number of rotatable bonds is 16. The van der Waals surface area contributed by atoms with Crippen LogP contribution in [-0.4, -0.2) is 31.7 Å². The van der Waals surface area contributed by atoms with Crippen molar-refractivity contribution in [2.45, 2.75) is 97.5 Å². The third-order valence-electron chi connectivity index (χ3n) is 4.26. The lowest BCUT2D eigenvalue weighted by Crippen LogP contribution is -2.21. The quantitative estimate of drug-likeness (QED) is 0.237. The van der Waals surface area contributed by atoms with Gasteiger partial charge in [-0.3, -0.25) is 9.35 Å². The van der Waals surface area contributed by atoms with Crippen molar-refractivity contribution in [1.29, 1.82) is 0 Å². The Labute approximate surface area is 153 Å². The van der Waals surface area contributed by atoms with Crippen LogP contribution in [0, 0.1) is 5.92 Å². The minimum atomic E-state index is -4.54. The molecule has 0 aromatic rings. The molecule has 0 aromatic carbocycles. The van der Waals surface area contributed by atoms with Crippen LogP contribution in [0.4, 0.5) is 0 Å². The van der Waals surface area contributed by atoms with Crippen molar-refractivity contribution in [3.05, 3.63) is 0 Å². The molecule has 6 nitrogen and oxygen atoms in total. The molecular formula is C18H36O6S. The summed E-state index contributed by atoms with van der Waals surface area (Å²) in [4.78, 5) is 11.7. The van der Waals surface area contributed by atoms with E-state index in [4.69, 9.17) is 9.29 Å². The van der Waals surface area contributed by atoms with Gasteiger partial charge in [-0.2, -0.15) is 8.42 Å². The van der Waals surface area contributed by atoms with E-state index in [9.17, 15) is 13.2 Å². The van der Waals surface area contributed by atoms with Crippen LogP contribution < -0.4 is 0 Å². The van der Waals surface area contributed by atoms with Crippen molar-refractivity contribution in [3.8, 4) is 0 Å². The first-order chi connectivity index (χ1) is 11.8. The van der Waals surface area contributed by atoms with Crippen molar-refractivity contribution in [1.82, 2.24) is 0 Å². The molecule has 2 unspecified atom stereocenters. The molecule has 0 heterocycles. The molecule has 0 saturated carbocycles. The summed E-state index contributed by atoms with van der Waals surface area (Å²) in [5.41, 5.74) is 0. The fourth-order valence-electron chi connectivity index (χ4n) is 2.72. The van der Waals surface area contributed by atoms with E-state index in [0.717, 1.165) is 19.3 Å². The molecule has 0 aliphatic heterocycles. The highest BCUT2D eigenvalue weighted by molar-refractivity contribution is 7.80. The molecule has 0 spiro atoms. The highest BCUT2D eigenvalue weighted by Crippen LogP contribution is 2.16. The van der Waals surface area contributed by atoms with Gasteiger partial charge >= 0.3 is 16.4 Å². The SMILES string of the molecule is CCCCCCCCCCC(CC)COC(=O)CC(C)OS(=O)(=O)O. The molecule has 0 aliphatic rings. The zero-order valence-electron chi connectivity index (χ0n) is 16.0. The van der Waals surface area contributed by atoms with Gasteiger partial charge in [-0.25, -0.2) is 4.18 Å². The van der Waals surface area contributed by atoms with Crippen LogP contribution in [0.5, 0.6) is 0 Å². The van der Waals surface area contributed by atoms with E-state index in [1.54, 1.807) is 0 Å². The lowest BCUT2D eigenvalue weighted by Gasteiger charge is -2.16. The maximum Gasteiger partial charge on any atom is 0.397 e. The van der Waals surface area contributed by atoms with Gasteiger partial charge in [-0.1, -0.05) is 71.6 Å². The van der Waals surface area contributed by atoms with E-state index in [1.165, 1.54) is 51.9 Å². The Morgan fingerprint density at radius 3 is 2.08 bits per heavy atom. The smallest absolute Gasteiger partial charge is 0.397 e. The predicted molar refractivity (Wildman–Crippen MR) is 98.7 cm³/mol. The molecule has 1 N–H and O–H groups in total. The van der Waals surface area contributed by atoms with E-state index in [1.807, 2.05) is 0 Å². The van der Waals surface area contributed by atoms with Gasteiger partial charge in [-0.15, -0.1) is 0 Å². The van der Waals surface area contributed by atoms with E-state index in [-0.39, 0.29) is 6.42 Å². The molecule has 0 bridgehead atoms. The summed E-state index contributed by atoms with van der Waals surface area (Å²) >= 11 is 0. The lowest BCUT2D eigenvalue weighted by molar-refractivity contribution is -0.146. The van der Waals surface area contributed by atoms with E-state index >= 15 is 0 Å². The van der Waals surface area contributed by atoms with Crippen LogP contribution >= 0.6 is 0 Å². The fraction of sp³-hybridized carbons (Fsp3) is 0.944. The molecular weight excluding hydrogens is 344 g/mol. The highest BCUT2D eigenvalue weighted by Gasteiger charge is 2.18. The predicted octanol–water partition coefficient (Wildman–Crippen LogP) is 4.68. The van der Waals surface area contributed by atoms with E-state index in [2.05, 4.69) is 18.0 Å². The summed E-state index contributed by atoms with van der Waals surface area (Å²) in [7, 11) is -4.54. The third kappa shape index (κ3) is 16.6. The van der Waals surface area contributed by atoms with Crippen LogP contribution in [0.1, 0.15) is 91.4 Å². The molecule has 0 amide bonds. The minimum absolute atomic E-state index is 0.200. The van der Waals surface area contributed by atoms with Crippen LogP contribution in [-0.2, 0) is 24.1 Å². The van der Waals surface area contributed by atoms with Crippen molar-refractivity contribution < 1.29 is 26.7 Å². The van der Waals surface area contributed by atoms with Gasteiger partial charge in [0.15, 0.2) is 0 Å². The summed E-state index contributed by atoms with van der Waals surface area (Å²) in [6.45, 7) is 6.05. The molecule has 0 aromatic heterocycles. The second kappa shape index (κ2) is 14.5. The number of carbonyl (C=O) groups excluding carboxylic acids is 1. The normalized spacial score (nSPS) is 14.2. The van der Waals surface area contributed by atoms with Crippen molar-refractivity contribution in [3.63, 3.8) is 0 Å². The first-order valence-corrected chi connectivity index (χ1v) is 11.0. The Morgan fingerprint density at radius 2 is 1.56 bits per heavy atom. The second-order valence-electron chi connectivity index (χ2n) is 6.76. The van der Waals surface area contributed by atoms with Gasteiger partial charge in [0.1, 0.15) is 0 Å². The van der Waals surface area contributed by atoms with Gasteiger partial charge in [0, 0.05) is 0 Å². The van der Waals surface area contributed by atoms with Crippen LogP contribution in [0.25, 0.3) is 0 Å². The van der Waals surface area contributed by atoms with E-state index < -0.39 is 22.5 Å². The standard InChI is InChI=1S/C18H36O6S/c1-4-6-7-8-9-10-11-12-13-17(5-2)15-23-18(19)14-16(3)24-25(20,21)22/h16-17H,4-15H2,1-3H3,(H,20,21,22). The summed E-state index contributed by atoms with van der Waals surface area (Å²) in [5.74, 6) is -0.174. The van der Waals surface area contributed by atoms with Crippen molar-refractivity contribution in [2.24, 2.45) is 5.92 Å². The Balaban J connectivity index is 3.78. The number of ether oxygens (including phenoxy) is 1. The number of carbonyl (C=O) groups is 1. The lowest BCUT2D eigenvalue weighted by atomic mass is 9.98. The average molecular weight is 381 g/mol. The fourth-order valence-corrected chi connectivity index (χ4v) is 3.20. The van der Waals surface area contributed by atoms with Gasteiger partial charge < -0.3 is 4.74 Å². The summed E-state index contributed by atoms with van der Waals surface area (Å²) < 4.78 is 39.2. The number of unbranched alkanes of at least 4 members (excludes halogenated alkanes) is 7.